The number of aromatic nitrogens is 4. The van der Waals surface area contributed by atoms with Crippen LogP contribution in [0.25, 0.3) is 0 Å². The van der Waals surface area contributed by atoms with E-state index in [2.05, 4.69) is 20.8 Å². The Bertz CT molecular complexity index is 570. The molecular weight excluding hydrogens is 295 g/mol. The lowest BCUT2D eigenvalue weighted by molar-refractivity contribution is -0.116. The van der Waals surface area contributed by atoms with Crippen molar-refractivity contribution >= 4 is 23.4 Å². The van der Waals surface area contributed by atoms with Crippen molar-refractivity contribution in [1.29, 1.82) is 0 Å². The second-order valence-electron chi connectivity index (χ2n) is 3.63. The van der Waals surface area contributed by atoms with Crippen LogP contribution in [0.3, 0.4) is 0 Å². The number of rotatable bonds is 4. The predicted molar refractivity (Wildman–Crippen MR) is 64.8 cm³/mol. The first-order valence-corrected chi connectivity index (χ1v) is 6.10. The fourth-order valence-corrected chi connectivity index (χ4v) is 1.88. The van der Waals surface area contributed by atoms with Gasteiger partial charge in [-0.2, -0.15) is 13.2 Å². The summed E-state index contributed by atoms with van der Waals surface area (Å²) in [7, 11) is 0. The van der Waals surface area contributed by atoms with Crippen LogP contribution in [0.1, 0.15) is 0 Å². The Morgan fingerprint density at radius 3 is 2.55 bits per heavy atom. The molecule has 0 aliphatic heterocycles. The maximum Gasteiger partial charge on any atom is 0.446 e. The smallest absolute Gasteiger partial charge is 0.324 e. The topological polar surface area (TPSA) is 72.7 Å². The van der Waals surface area contributed by atoms with Crippen molar-refractivity contribution in [2.75, 3.05) is 5.32 Å². The Hall–Kier alpha value is -2.10. The zero-order valence-electron chi connectivity index (χ0n) is 9.83. The third-order valence-electron chi connectivity index (χ3n) is 2.07. The van der Waals surface area contributed by atoms with E-state index in [1.54, 1.807) is 0 Å². The average Bonchev–Trinajstić information content (AvgIpc) is 2.82. The van der Waals surface area contributed by atoms with Gasteiger partial charge in [0, 0.05) is 10.6 Å². The number of carbonyl (C=O) groups is 1. The minimum Gasteiger partial charge on any atom is -0.324 e. The van der Waals surface area contributed by atoms with E-state index in [0.717, 1.165) is 0 Å². The highest BCUT2D eigenvalue weighted by atomic mass is 32.2. The van der Waals surface area contributed by atoms with Gasteiger partial charge in [0.25, 0.3) is 0 Å². The minimum absolute atomic E-state index is 0.0518. The molecular formula is C10H8F3N5OS. The molecule has 0 fully saturated rings. The van der Waals surface area contributed by atoms with Crippen molar-refractivity contribution in [3.8, 4) is 0 Å². The lowest BCUT2D eigenvalue weighted by atomic mass is 10.3. The summed E-state index contributed by atoms with van der Waals surface area (Å²) < 4.78 is 37.6. The summed E-state index contributed by atoms with van der Waals surface area (Å²) in [5.41, 5.74) is -3.93. The summed E-state index contributed by atoms with van der Waals surface area (Å²) in [5.74, 6) is -0.381. The number of anilines is 1. The first kappa shape index (κ1) is 14.3. The first-order valence-electron chi connectivity index (χ1n) is 5.29. The normalized spacial score (nSPS) is 11.3. The van der Waals surface area contributed by atoms with E-state index in [-0.39, 0.29) is 29.1 Å². The maximum atomic E-state index is 12.1. The molecule has 0 unspecified atom stereocenters. The molecule has 0 atom stereocenters. The van der Waals surface area contributed by atoms with Crippen molar-refractivity contribution in [3.05, 3.63) is 30.6 Å². The summed E-state index contributed by atoms with van der Waals surface area (Å²) in [4.78, 5) is 11.6. The molecule has 6 nitrogen and oxygen atoms in total. The number of nitrogens with zero attached hydrogens (tertiary/aromatic N) is 4. The Kier molecular flexibility index (Phi) is 4.23. The second kappa shape index (κ2) is 5.90. The summed E-state index contributed by atoms with van der Waals surface area (Å²) in [6.45, 7) is -0.0773. The first-order chi connectivity index (χ1) is 9.42. The zero-order chi connectivity index (χ0) is 14.6. The van der Waals surface area contributed by atoms with Crippen LogP contribution in [0.15, 0.2) is 35.5 Å². The molecule has 10 heteroatoms. The lowest BCUT2D eigenvalue weighted by Gasteiger charge is -2.07. The zero-order valence-corrected chi connectivity index (χ0v) is 10.6. The van der Waals surface area contributed by atoms with E-state index in [1.165, 1.54) is 35.3 Å². The van der Waals surface area contributed by atoms with Crippen molar-refractivity contribution < 1.29 is 18.0 Å². The Morgan fingerprint density at radius 1 is 1.30 bits per heavy atom. The maximum absolute atomic E-state index is 12.1. The number of thioether (sulfide) groups is 1. The van der Waals surface area contributed by atoms with Crippen LogP contribution < -0.4 is 5.32 Å². The van der Waals surface area contributed by atoms with Gasteiger partial charge in [-0.25, -0.2) is 4.68 Å². The molecule has 0 bridgehead atoms. The van der Waals surface area contributed by atoms with E-state index in [9.17, 15) is 18.0 Å². The molecule has 2 rings (SSSR count). The molecule has 2 aromatic rings. The van der Waals surface area contributed by atoms with Gasteiger partial charge in [-0.05, 0) is 46.5 Å². The molecule has 0 aliphatic rings. The van der Waals surface area contributed by atoms with Crippen molar-refractivity contribution in [2.24, 2.45) is 0 Å². The van der Waals surface area contributed by atoms with Crippen molar-refractivity contribution in [3.63, 3.8) is 0 Å². The molecule has 106 valence electrons. The quantitative estimate of drug-likeness (QED) is 0.874. The molecule has 0 saturated carbocycles. The molecule has 1 heterocycles. The SMILES string of the molecule is O=C(Cn1cnnn1)Nc1ccc(SC(F)(F)F)cc1. The fraction of sp³-hybridized carbons (Fsp3) is 0.200. The van der Waals surface area contributed by atoms with Crippen LogP contribution in [-0.4, -0.2) is 31.6 Å². The van der Waals surface area contributed by atoms with Gasteiger partial charge in [-0.1, -0.05) is 0 Å². The van der Waals surface area contributed by atoms with Crippen LogP contribution in [0.5, 0.6) is 0 Å². The van der Waals surface area contributed by atoms with Crippen LogP contribution in [-0.2, 0) is 11.3 Å². The predicted octanol–water partition coefficient (Wildman–Crippen LogP) is 1.92. The monoisotopic (exact) mass is 303 g/mol. The van der Waals surface area contributed by atoms with Crippen LogP contribution in [0, 0.1) is 0 Å². The molecule has 1 aromatic carbocycles. The number of nitrogens with one attached hydrogen (secondary N) is 1. The summed E-state index contributed by atoms with van der Waals surface area (Å²) in [6.07, 6.45) is 1.28. The summed E-state index contributed by atoms with van der Waals surface area (Å²) in [5, 5.41) is 12.8. The highest BCUT2D eigenvalue weighted by Gasteiger charge is 2.28. The van der Waals surface area contributed by atoms with E-state index >= 15 is 0 Å². The van der Waals surface area contributed by atoms with E-state index in [1.807, 2.05) is 0 Å². The average molecular weight is 303 g/mol. The Labute approximate surface area is 115 Å². The number of hydrogen-bond acceptors (Lipinski definition) is 5. The molecule has 1 N–H and O–H groups in total. The molecule has 0 spiro atoms. The number of benzene rings is 1. The van der Waals surface area contributed by atoms with Gasteiger partial charge >= 0.3 is 5.51 Å². The van der Waals surface area contributed by atoms with E-state index in [0.29, 0.717) is 5.69 Å². The van der Waals surface area contributed by atoms with Gasteiger partial charge in [-0.15, -0.1) is 5.10 Å². The summed E-state index contributed by atoms with van der Waals surface area (Å²) in [6, 6.07) is 5.35. The molecule has 1 aromatic heterocycles. The van der Waals surface area contributed by atoms with E-state index < -0.39 is 5.51 Å². The summed E-state index contributed by atoms with van der Waals surface area (Å²) >= 11 is -0.211. The van der Waals surface area contributed by atoms with Gasteiger partial charge in [0.1, 0.15) is 12.9 Å². The molecule has 1 amide bonds. The fourth-order valence-electron chi connectivity index (χ4n) is 1.34. The highest BCUT2D eigenvalue weighted by molar-refractivity contribution is 8.00. The van der Waals surface area contributed by atoms with Gasteiger partial charge in [0.2, 0.25) is 5.91 Å². The lowest BCUT2D eigenvalue weighted by Crippen LogP contribution is -2.19. The number of amides is 1. The van der Waals surface area contributed by atoms with Crippen LogP contribution >= 0.6 is 11.8 Å². The Balaban J connectivity index is 1.92. The van der Waals surface area contributed by atoms with Gasteiger partial charge in [0.05, 0.1) is 0 Å². The van der Waals surface area contributed by atoms with Crippen LogP contribution in [0.4, 0.5) is 18.9 Å². The minimum atomic E-state index is -4.33. The number of tetrazole rings is 1. The van der Waals surface area contributed by atoms with Crippen molar-refractivity contribution in [1.82, 2.24) is 20.2 Å². The molecule has 0 aliphatic carbocycles. The van der Waals surface area contributed by atoms with Gasteiger partial charge in [-0.3, -0.25) is 4.79 Å². The standard InChI is InChI=1S/C10H8F3N5OS/c11-10(12,13)20-8-3-1-7(2-4-8)15-9(19)5-18-6-14-16-17-18/h1-4,6H,5H2,(H,15,19). The number of halogens is 3. The molecule has 20 heavy (non-hydrogen) atoms. The molecule has 0 radical (unpaired) electrons. The van der Waals surface area contributed by atoms with Crippen LogP contribution in [0.2, 0.25) is 0 Å². The third kappa shape index (κ3) is 4.53. The number of carbonyl (C=O) groups excluding carboxylic acids is 1. The van der Waals surface area contributed by atoms with Gasteiger partial charge in [0.15, 0.2) is 0 Å². The molecule has 0 saturated heterocycles. The van der Waals surface area contributed by atoms with Gasteiger partial charge < -0.3 is 5.32 Å². The van der Waals surface area contributed by atoms with Crippen molar-refractivity contribution in [2.45, 2.75) is 16.9 Å². The number of alkyl halides is 3. The van der Waals surface area contributed by atoms with E-state index in [4.69, 9.17) is 0 Å². The number of hydrogen-bond donors (Lipinski definition) is 1. The largest absolute Gasteiger partial charge is 0.446 e. The second-order valence-corrected chi connectivity index (χ2v) is 4.77. The Morgan fingerprint density at radius 2 is 2.00 bits per heavy atom. The highest BCUT2D eigenvalue weighted by Crippen LogP contribution is 2.36. The third-order valence-corrected chi connectivity index (χ3v) is 2.81.